The second-order valence-electron chi connectivity index (χ2n) is 12.4. The van der Waals surface area contributed by atoms with Crippen molar-refractivity contribution < 1.29 is 0 Å². The van der Waals surface area contributed by atoms with E-state index in [2.05, 4.69) is 156 Å². The Morgan fingerprint density at radius 2 is 1.26 bits per heavy atom. The standard InChI is InChI=1S/C42H29N3S/c1-26-12-11-21-37-40(26)31-17-7-10-20-36(31)45(37)42-41-33(32-24-28(22-23-38(32)46-41)27-13-3-2-4-14-27)25-39(43-42)44-34-18-8-5-15-29(34)30-16-6-9-19-35(30)44/h2-11,13-26H,12H2,1H3. The summed E-state index contributed by atoms with van der Waals surface area (Å²) in [4.78, 5) is 5.65. The van der Waals surface area contributed by atoms with Gasteiger partial charge in [0.2, 0.25) is 0 Å². The summed E-state index contributed by atoms with van der Waals surface area (Å²) < 4.78 is 7.27. The molecule has 0 spiro atoms. The summed E-state index contributed by atoms with van der Waals surface area (Å²) >= 11 is 1.85. The molecule has 1 unspecified atom stereocenters. The quantitative estimate of drug-likeness (QED) is 0.196. The lowest BCUT2D eigenvalue weighted by Gasteiger charge is -2.17. The third-order valence-corrected chi connectivity index (χ3v) is 10.9. The first-order chi connectivity index (χ1) is 22.7. The molecule has 9 aromatic rings. The van der Waals surface area contributed by atoms with Crippen molar-refractivity contribution in [3.63, 3.8) is 0 Å². The fraction of sp³-hybridized carbons (Fsp3) is 0.0714. The van der Waals surface area contributed by atoms with Gasteiger partial charge in [-0.1, -0.05) is 104 Å². The molecule has 4 aromatic heterocycles. The summed E-state index contributed by atoms with van der Waals surface area (Å²) in [5.74, 6) is 2.37. The zero-order valence-corrected chi connectivity index (χ0v) is 26.1. The topological polar surface area (TPSA) is 22.8 Å². The number of hydrogen-bond acceptors (Lipinski definition) is 2. The van der Waals surface area contributed by atoms with Gasteiger partial charge in [0, 0.05) is 31.6 Å². The highest BCUT2D eigenvalue weighted by Gasteiger charge is 2.26. The summed E-state index contributed by atoms with van der Waals surface area (Å²) in [6, 6.07) is 46.2. The predicted octanol–water partition coefficient (Wildman–Crippen LogP) is 11.7. The second kappa shape index (κ2) is 9.77. The van der Waals surface area contributed by atoms with Gasteiger partial charge in [0.05, 0.1) is 26.9 Å². The molecule has 0 aliphatic heterocycles. The van der Waals surface area contributed by atoms with Crippen LogP contribution in [-0.4, -0.2) is 14.1 Å². The molecule has 218 valence electrons. The number of thiophene rings is 1. The van der Waals surface area contributed by atoms with E-state index < -0.39 is 0 Å². The lowest BCUT2D eigenvalue weighted by molar-refractivity contribution is 0.772. The number of aromatic nitrogens is 3. The van der Waals surface area contributed by atoms with Gasteiger partial charge in [0.15, 0.2) is 5.82 Å². The van der Waals surface area contributed by atoms with Gasteiger partial charge in [0.1, 0.15) is 5.82 Å². The zero-order valence-electron chi connectivity index (χ0n) is 25.3. The number of para-hydroxylation sites is 3. The van der Waals surface area contributed by atoms with E-state index in [4.69, 9.17) is 4.98 Å². The van der Waals surface area contributed by atoms with Gasteiger partial charge in [-0.15, -0.1) is 11.3 Å². The van der Waals surface area contributed by atoms with Crippen LogP contribution in [0.25, 0.3) is 81.7 Å². The van der Waals surface area contributed by atoms with E-state index in [0.29, 0.717) is 5.92 Å². The van der Waals surface area contributed by atoms with Crippen molar-refractivity contribution in [3.8, 4) is 22.8 Å². The summed E-state index contributed by atoms with van der Waals surface area (Å²) in [7, 11) is 0. The number of benzene rings is 5. The van der Waals surface area contributed by atoms with E-state index in [-0.39, 0.29) is 0 Å². The number of rotatable bonds is 3. The number of allylic oxidation sites excluding steroid dienone is 1. The number of hydrogen-bond donors (Lipinski definition) is 0. The van der Waals surface area contributed by atoms with Crippen LogP contribution in [0.1, 0.15) is 30.5 Å². The highest BCUT2D eigenvalue weighted by molar-refractivity contribution is 7.26. The number of nitrogens with zero attached hydrogens (tertiary/aromatic N) is 3. The number of pyridine rings is 1. The first kappa shape index (κ1) is 25.8. The molecule has 0 saturated heterocycles. The van der Waals surface area contributed by atoms with Crippen LogP contribution in [0.5, 0.6) is 0 Å². The van der Waals surface area contributed by atoms with Crippen LogP contribution in [0.15, 0.2) is 133 Å². The second-order valence-corrected chi connectivity index (χ2v) is 13.5. The van der Waals surface area contributed by atoms with Gasteiger partial charge in [0.25, 0.3) is 0 Å². The van der Waals surface area contributed by atoms with Crippen LogP contribution in [0.3, 0.4) is 0 Å². The monoisotopic (exact) mass is 607 g/mol. The Labute approximate surface area is 270 Å². The molecule has 4 heterocycles. The molecule has 5 aromatic carbocycles. The Kier molecular flexibility index (Phi) is 5.49. The fourth-order valence-corrected chi connectivity index (χ4v) is 8.83. The molecule has 1 atom stereocenters. The fourth-order valence-electron chi connectivity index (χ4n) is 7.69. The van der Waals surface area contributed by atoms with Gasteiger partial charge in [-0.25, -0.2) is 4.98 Å². The Bertz CT molecular complexity index is 2630. The third-order valence-electron chi connectivity index (χ3n) is 9.76. The Morgan fingerprint density at radius 1 is 0.609 bits per heavy atom. The SMILES string of the molecule is CC1CC=Cc2c1c1ccccc1n2-c1nc(-n2c3ccccc3c3ccccc32)cc2c1sc1ccc(-c3ccccc3)cc12. The van der Waals surface area contributed by atoms with Gasteiger partial charge in [-0.05, 0) is 71.5 Å². The normalized spacial score (nSPS) is 14.7. The van der Waals surface area contributed by atoms with Gasteiger partial charge in [-0.3, -0.25) is 9.13 Å². The van der Waals surface area contributed by atoms with Crippen molar-refractivity contribution in [1.82, 2.24) is 14.1 Å². The lowest BCUT2D eigenvalue weighted by Crippen LogP contribution is -2.07. The van der Waals surface area contributed by atoms with Crippen LogP contribution in [0, 0.1) is 0 Å². The summed E-state index contributed by atoms with van der Waals surface area (Å²) in [6.45, 7) is 2.35. The summed E-state index contributed by atoms with van der Waals surface area (Å²) in [6.07, 6.45) is 5.70. The van der Waals surface area contributed by atoms with E-state index in [1.807, 2.05) is 11.3 Å². The van der Waals surface area contributed by atoms with Crippen LogP contribution in [0.2, 0.25) is 0 Å². The van der Waals surface area contributed by atoms with E-state index in [0.717, 1.165) is 18.1 Å². The molecule has 10 rings (SSSR count). The maximum atomic E-state index is 5.65. The Hall–Kier alpha value is -5.45. The van der Waals surface area contributed by atoms with Gasteiger partial charge < -0.3 is 0 Å². The molecular weight excluding hydrogens is 579 g/mol. The molecule has 0 N–H and O–H groups in total. The van der Waals surface area contributed by atoms with E-state index in [1.165, 1.54) is 75.3 Å². The first-order valence-corrected chi connectivity index (χ1v) is 16.8. The van der Waals surface area contributed by atoms with E-state index >= 15 is 0 Å². The molecule has 1 aliphatic carbocycles. The van der Waals surface area contributed by atoms with E-state index in [9.17, 15) is 0 Å². The molecule has 46 heavy (non-hydrogen) atoms. The van der Waals surface area contributed by atoms with Crippen LogP contribution >= 0.6 is 11.3 Å². The van der Waals surface area contributed by atoms with Gasteiger partial charge in [-0.2, -0.15) is 0 Å². The molecule has 0 bridgehead atoms. The molecule has 0 fully saturated rings. The molecule has 0 amide bonds. The van der Waals surface area contributed by atoms with E-state index in [1.54, 1.807) is 0 Å². The molecule has 4 heteroatoms. The van der Waals surface area contributed by atoms with Crippen molar-refractivity contribution >= 4 is 70.3 Å². The minimum absolute atomic E-state index is 0.443. The molecule has 3 nitrogen and oxygen atoms in total. The Morgan fingerprint density at radius 3 is 2.00 bits per heavy atom. The average Bonchev–Trinajstić information content (AvgIpc) is 3.76. The van der Waals surface area contributed by atoms with Crippen molar-refractivity contribution in [2.45, 2.75) is 19.3 Å². The number of fused-ring (bicyclic) bond motifs is 9. The lowest BCUT2D eigenvalue weighted by atomic mass is 9.91. The van der Waals surface area contributed by atoms with Crippen molar-refractivity contribution in [2.24, 2.45) is 0 Å². The summed E-state index contributed by atoms with van der Waals surface area (Å²) in [5.41, 5.74) is 8.66. The Balaban J connectivity index is 1.37. The predicted molar refractivity (Wildman–Crippen MR) is 196 cm³/mol. The summed E-state index contributed by atoms with van der Waals surface area (Å²) in [5, 5.41) is 6.30. The first-order valence-electron chi connectivity index (χ1n) is 16.0. The van der Waals surface area contributed by atoms with Crippen LogP contribution in [-0.2, 0) is 0 Å². The molecule has 0 radical (unpaired) electrons. The maximum Gasteiger partial charge on any atom is 0.158 e. The third kappa shape index (κ3) is 3.62. The maximum absolute atomic E-state index is 5.65. The highest BCUT2D eigenvalue weighted by atomic mass is 32.1. The minimum atomic E-state index is 0.443. The van der Waals surface area contributed by atoms with Gasteiger partial charge >= 0.3 is 0 Å². The molecule has 1 aliphatic rings. The molecule has 0 saturated carbocycles. The van der Waals surface area contributed by atoms with Crippen molar-refractivity contribution in [1.29, 1.82) is 0 Å². The largest absolute Gasteiger partial charge is 0.294 e. The van der Waals surface area contributed by atoms with Crippen LogP contribution < -0.4 is 0 Å². The van der Waals surface area contributed by atoms with Crippen LogP contribution in [0.4, 0.5) is 0 Å². The average molecular weight is 608 g/mol. The van der Waals surface area contributed by atoms with Crippen molar-refractivity contribution in [3.05, 3.63) is 145 Å². The zero-order chi connectivity index (χ0) is 30.4. The highest BCUT2D eigenvalue weighted by Crippen LogP contribution is 2.45. The smallest absolute Gasteiger partial charge is 0.158 e. The van der Waals surface area contributed by atoms with Crippen molar-refractivity contribution in [2.75, 3.05) is 0 Å². The minimum Gasteiger partial charge on any atom is -0.294 e. The molecular formula is C42H29N3S.